The zero-order valence-corrected chi connectivity index (χ0v) is 12.3. The quantitative estimate of drug-likeness (QED) is 0.695. The van der Waals surface area contributed by atoms with Crippen LogP contribution in [0.3, 0.4) is 0 Å². The van der Waals surface area contributed by atoms with E-state index in [2.05, 4.69) is 13.8 Å². The summed E-state index contributed by atoms with van der Waals surface area (Å²) in [5.74, 6) is 0.768. The van der Waals surface area contributed by atoms with Crippen LogP contribution in [0.5, 0.6) is 5.75 Å². The minimum atomic E-state index is -0.785. The Morgan fingerprint density at radius 3 is 2.26 bits per heavy atom. The average molecular weight is 266 g/mol. The van der Waals surface area contributed by atoms with Crippen LogP contribution in [0.4, 0.5) is 0 Å². The molecule has 1 rings (SSSR count). The summed E-state index contributed by atoms with van der Waals surface area (Å²) in [6.45, 7) is 5.24. The van der Waals surface area contributed by atoms with Gasteiger partial charge in [-0.3, -0.25) is 0 Å². The van der Waals surface area contributed by atoms with Crippen LogP contribution in [0.25, 0.3) is 0 Å². The summed E-state index contributed by atoms with van der Waals surface area (Å²) in [7, 11) is 1.65. The molecule has 3 heteroatoms. The lowest BCUT2D eigenvalue weighted by molar-refractivity contribution is 0.0136. The maximum atomic E-state index is 10.9. The first-order valence-corrected chi connectivity index (χ1v) is 7.11. The van der Waals surface area contributed by atoms with Crippen LogP contribution in [-0.4, -0.2) is 25.4 Å². The van der Waals surface area contributed by atoms with E-state index in [0.717, 1.165) is 37.0 Å². The lowest BCUT2D eigenvalue weighted by Crippen LogP contribution is -2.26. The highest BCUT2D eigenvalue weighted by Gasteiger charge is 2.30. The van der Waals surface area contributed by atoms with Gasteiger partial charge >= 0.3 is 0 Å². The molecule has 0 atom stereocenters. The van der Waals surface area contributed by atoms with Crippen molar-refractivity contribution >= 4 is 0 Å². The number of para-hydroxylation sites is 1. The van der Waals surface area contributed by atoms with Crippen molar-refractivity contribution in [1.29, 1.82) is 0 Å². The van der Waals surface area contributed by atoms with Crippen LogP contribution in [0.15, 0.2) is 24.3 Å². The monoisotopic (exact) mass is 266 g/mol. The first kappa shape index (κ1) is 16.0. The molecule has 0 aliphatic heterocycles. The molecule has 0 bridgehead atoms. The Morgan fingerprint density at radius 1 is 1.05 bits per heavy atom. The number of hydrogen-bond acceptors (Lipinski definition) is 3. The average Bonchev–Trinajstić information content (AvgIpc) is 2.40. The van der Waals surface area contributed by atoms with Gasteiger partial charge in [-0.25, -0.2) is 0 Å². The topological polar surface area (TPSA) is 38.7 Å². The van der Waals surface area contributed by atoms with Gasteiger partial charge in [0.1, 0.15) is 12.4 Å². The fourth-order valence-electron chi connectivity index (χ4n) is 2.43. The van der Waals surface area contributed by atoms with Gasteiger partial charge in [0.25, 0.3) is 0 Å². The van der Waals surface area contributed by atoms with E-state index in [1.165, 1.54) is 0 Å². The van der Waals surface area contributed by atoms with Crippen molar-refractivity contribution in [2.45, 2.75) is 45.1 Å². The molecule has 108 valence electrons. The summed E-state index contributed by atoms with van der Waals surface area (Å²) in [5.41, 5.74) is 0.113. The van der Waals surface area contributed by atoms with E-state index in [4.69, 9.17) is 9.47 Å². The normalized spacial score (nSPS) is 11.6. The molecule has 0 radical (unpaired) electrons. The van der Waals surface area contributed by atoms with Gasteiger partial charge < -0.3 is 14.6 Å². The third-order valence-electron chi connectivity index (χ3n) is 3.26. The molecule has 0 saturated carbocycles. The number of benzene rings is 1. The van der Waals surface area contributed by atoms with Gasteiger partial charge in [-0.1, -0.05) is 44.9 Å². The van der Waals surface area contributed by atoms with Gasteiger partial charge in [0.2, 0.25) is 0 Å². The van der Waals surface area contributed by atoms with Crippen LogP contribution in [0.2, 0.25) is 0 Å². The molecule has 1 aromatic carbocycles. The predicted molar refractivity (Wildman–Crippen MR) is 77.5 cm³/mol. The molecule has 0 fully saturated rings. The Hall–Kier alpha value is -1.06. The van der Waals surface area contributed by atoms with E-state index in [-0.39, 0.29) is 0 Å². The van der Waals surface area contributed by atoms with E-state index >= 15 is 0 Å². The van der Waals surface area contributed by atoms with Gasteiger partial charge in [-0.2, -0.15) is 0 Å². The standard InChI is InChI=1S/C16H26O3/c1-4-10-16(17,11-5-2)14-8-6-7-9-15(14)19-13-12-18-3/h6-9,17H,4-5,10-13H2,1-3H3. The maximum Gasteiger partial charge on any atom is 0.125 e. The van der Waals surface area contributed by atoms with E-state index in [9.17, 15) is 5.11 Å². The molecule has 0 saturated heterocycles. The molecule has 1 aromatic rings. The fourth-order valence-corrected chi connectivity index (χ4v) is 2.43. The fraction of sp³-hybridized carbons (Fsp3) is 0.625. The molecular formula is C16H26O3. The molecular weight excluding hydrogens is 240 g/mol. The minimum Gasteiger partial charge on any atom is -0.491 e. The molecule has 3 nitrogen and oxygen atoms in total. The van der Waals surface area contributed by atoms with Crippen LogP contribution < -0.4 is 4.74 Å². The predicted octanol–water partition coefficient (Wildman–Crippen LogP) is 3.50. The molecule has 0 aromatic heterocycles. The minimum absolute atomic E-state index is 0.502. The van der Waals surface area contributed by atoms with Crippen molar-refractivity contribution in [3.8, 4) is 5.75 Å². The summed E-state index contributed by atoms with van der Waals surface area (Å²) in [5, 5.41) is 10.9. The number of rotatable bonds is 9. The second-order valence-electron chi connectivity index (χ2n) is 4.87. The second-order valence-corrected chi connectivity index (χ2v) is 4.87. The van der Waals surface area contributed by atoms with Gasteiger partial charge in [0.15, 0.2) is 0 Å². The SMILES string of the molecule is CCCC(O)(CCC)c1ccccc1OCCOC. The zero-order chi connectivity index (χ0) is 14.1. The lowest BCUT2D eigenvalue weighted by atomic mass is 9.85. The van der Waals surface area contributed by atoms with Gasteiger partial charge in [0, 0.05) is 12.7 Å². The van der Waals surface area contributed by atoms with Crippen LogP contribution in [0.1, 0.15) is 45.1 Å². The van der Waals surface area contributed by atoms with Gasteiger partial charge in [-0.15, -0.1) is 0 Å². The molecule has 0 spiro atoms. The summed E-state index contributed by atoms with van der Waals surface area (Å²) >= 11 is 0. The van der Waals surface area contributed by atoms with Crippen molar-refractivity contribution in [3.05, 3.63) is 29.8 Å². The Balaban J connectivity index is 2.94. The number of aliphatic hydroxyl groups is 1. The number of ether oxygens (including phenoxy) is 2. The molecule has 1 N–H and O–H groups in total. The van der Waals surface area contributed by atoms with Crippen molar-refractivity contribution in [3.63, 3.8) is 0 Å². The molecule has 0 unspecified atom stereocenters. The van der Waals surface area contributed by atoms with E-state index in [1.807, 2.05) is 24.3 Å². The first-order chi connectivity index (χ1) is 9.18. The highest BCUT2D eigenvalue weighted by Crippen LogP contribution is 2.37. The molecule has 0 aliphatic rings. The highest BCUT2D eigenvalue weighted by molar-refractivity contribution is 5.38. The Labute approximate surface area is 116 Å². The molecule has 0 heterocycles. The van der Waals surface area contributed by atoms with E-state index in [1.54, 1.807) is 7.11 Å². The van der Waals surface area contributed by atoms with E-state index in [0.29, 0.717) is 13.2 Å². The third-order valence-corrected chi connectivity index (χ3v) is 3.26. The third kappa shape index (κ3) is 4.51. The number of hydrogen-bond donors (Lipinski definition) is 1. The molecule has 0 aliphatic carbocycles. The van der Waals surface area contributed by atoms with Gasteiger partial charge in [-0.05, 0) is 18.9 Å². The summed E-state index contributed by atoms with van der Waals surface area (Å²) < 4.78 is 10.7. The van der Waals surface area contributed by atoms with Crippen LogP contribution in [0, 0.1) is 0 Å². The Morgan fingerprint density at radius 2 is 1.68 bits per heavy atom. The summed E-state index contributed by atoms with van der Waals surface area (Å²) in [6, 6.07) is 7.77. The Bertz CT molecular complexity index is 357. The number of methoxy groups -OCH3 is 1. The first-order valence-electron chi connectivity index (χ1n) is 7.11. The maximum absolute atomic E-state index is 10.9. The molecule has 19 heavy (non-hydrogen) atoms. The van der Waals surface area contributed by atoms with Crippen LogP contribution in [-0.2, 0) is 10.3 Å². The highest BCUT2D eigenvalue weighted by atomic mass is 16.5. The zero-order valence-electron chi connectivity index (χ0n) is 12.3. The summed E-state index contributed by atoms with van der Waals surface area (Å²) in [6.07, 6.45) is 3.41. The Kier molecular flexibility index (Phi) is 6.89. The van der Waals surface area contributed by atoms with Gasteiger partial charge in [0.05, 0.1) is 12.2 Å². The van der Waals surface area contributed by atoms with E-state index < -0.39 is 5.60 Å². The molecule has 0 amide bonds. The second kappa shape index (κ2) is 8.18. The van der Waals surface area contributed by atoms with Crippen LogP contribution >= 0.6 is 0 Å². The lowest BCUT2D eigenvalue weighted by Gasteiger charge is -2.30. The van der Waals surface area contributed by atoms with Crippen molar-refractivity contribution < 1.29 is 14.6 Å². The van der Waals surface area contributed by atoms with Crippen molar-refractivity contribution in [1.82, 2.24) is 0 Å². The van der Waals surface area contributed by atoms with Crippen molar-refractivity contribution in [2.24, 2.45) is 0 Å². The van der Waals surface area contributed by atoms with Crippen molar-refractivity contribution in [2.75, 3.05) is 20.3 Å². The summed E-state index contributed by atoms with van der Waals surface area (Å²) in [4.78, 5) is 0. The largest absolute Gasteiger partial charge is 0.491 e. The smallest absolute Gasteiger partial charge is 0.125 e.